The van der Waals surface area contributed by atoms with E-state index in [1.807, 2.05) is 54.9 Å². The normalized spacial score (nSPS) is 12.2. The molecule has 6 heteroatoms. The van der Waals surface area contributed by atoms with Gasteiger partial charge in [-0.3, -0.25) is 4.79 Å². The summed E-state index contributed by atoms with van der Waals surface area (Å²) in [6, 6.07) is 16.0. The molecule has 0 radical (unpaired) electrons. The number of hydrogen-bond acceptors (Lipinski definition) is 4. The van der Waals surface area contributed by atoms with Crippen molar-refractivity contribution < 1.29 is 4.79 Å². The topological polar surface area (TPSA) is 59.8 Å². The highest BCUT2D eigenvalue weighted by molar-refractivity contribution is 8.00. The Balaban J connectivity index is 1.74. The van der Waals surface area contributed by atoms with Gasteiger partial charge in [-0.15, -0.1) is 10.2 Å². The maximum atomic E-state index is 12.7. The second-order valence-corrected chi connectivity index (χ2v) is 8.48. The van der Waals surface area contributed by atoms with Crippen molar-refractivity contribution in [3.05, 3.63) is 59.7 Å². The molecular formula is C22H26N4OS. The maximum absolute atomic E-state index is 12.7. The van der Waals surface area contributed by atoms with Crippen LogP contribution in [0.2, 0.25) is 0 Å². The summed E-state index contributed by atoms with van der Waals surface area (Å²) in [5.41, 5.74) is 4.19. The van der Waals surface area contributed by atoms with Crippen LogP contribution in [0.4, 0.5) is 5.69 Å². The molecule has 0 saturated heterocycles. The number of amides is 1. The molecule has 1 atom stereocenters. The number of aromatic nitrogens is 3. The quantitative estimate of drug-likeness (QED) is 0.596. The van der Waals surface area contributed by atoms with E-state index in [9.17, 15) is 4.79 Å². The van der Waals surface area contributed by atoms with E-state index in [0.717, 1.165) is 33.4 Å². The Morgan fingerprint density at radius 1 is 1.04 bits per heavy atom. The fraction of sp³-hybridized carbons (Fsp3) is 0.318. The summed E-state index contributed by atoms with van der Waals surface area (Å²) in [6.07, 6.45) is 0. The first-order valence-electron chi connectivity index (χ1n) is 9.40. The third-order valence-corrected chi connectivity index (χ3v) is 5.85. The first-order valence-corrected chi connectivity index (χ1v) is 10.3. The van der Waals surface area contributed by atoms with Crippen molar-refractivity contribution in [2.45, 2.75) is 44.0 Å². The van der Waals surface area contributed by atoms with Gasteiger partial charge in [-0.1, -0.05) is 68.1 Å². The second kappa shape index (κ2) is 8.61. The molecule has 0 bridgehead atoms. The van der Waals surface area contributed by atoms with E-state index in [0.29, 0.717) is 5.92 Å². The Labute approximate surface area is 170 Å². The predicted molar refractivity (Wildman–Crippen MR) is 116 cm³/mol. The lowest BCUT2D eigenvalue weighted by molar-refractivity contribution is -0.115. The van der Waals surface area contributed by atoms with Crippen molar-refractivity contribution in [2.75, 3.05) is 5.32 Å². The van der Waals surface area contributed by atoms with Gasteiger partial charge in [0.15, 0.2) is 11.0 Å². The van der Waals surface area contributed by atoms with Crippen molar-refractivity contribution >= 4 is 23.4 Å². The molecule has 146 valence electrons. The van der Waals surface area contributed by atoms with Gasteiger partial charge in [-0.25, -0.2) is 0 Å². The molecule has 2 aromatic carbocycles. The molecule has 0 unspecified atom stereocenters. The smallest absolute Gasteiger partial charge is 0.237 e. The highest BCUT2D eigenvalue weighted by atomic mass is 32.2. The van der Waals surface area contributed by atoms with Gasteiger partial charge in [-0.2, -0.15) is 0 Å². The number of anilines is 1. The van der Waals surface area contributed by atoms with Gasteiger partial charge in [0.2, 0.25) is 5.91 Å². The zero-order valence-electron chi connectivity index (χ0n) is 16.9. The van der Waals surface area contributed by atoms with Crippen LogP contribution in [-0.4, -0.2) is 25.9 Å². The summed E-state index contributed by atoms with van der Waals surface area (Å²) in [5.74, 6) is 1.10. The zero-order valence-corrected chi connectivity index (χ0v) is 17.7. The molecule has 3 rings (SSSR count). The minimum atomic E-state index is -0.298. The molecule has 0 spiro atoms. The lowest BCUT2D eigenvalue weighted by atomic mass is 10.0. The average Bonchev–Trinajstić information content (AvgIpc) is 3.02. The minimum Gasteiger partial charge on any atom is -0.325 e. The average molecular weight is 395 g/mol. The highest BCUT2D eigenvalue weighted by Crippen LogP contribution is 2.29. The van der Waals surface area contributed by atoms with Crippen molar-refractivity contribution in [3.63, 3.8) is 0 Å². The summed E-state index contributed by atoms with van der Waals surface area (Å²) in [6.45, 7) is 8.19. The Kier molecular flexibility index (Phi) is 6.19. The molecule has 0 fully saturated rings. The molecule has 1 N–H and O–H groups in total. The van der Waals surface area contributed by atoms with Crippen LogP contribution >= 0.6 is 11.8 Å². The van der Waals surface area contributed by atoms with E-state index in [2.05, 4.69) is 48.4 Å². The molecule has 0 aliphatic carbocycles. The Bertz CT molecular complexity index is 980. The molecule has 5 nitrogen and oxygen atoms in total. The van der Waals surface area contributed by atoms with Crippen molar-refractivity contribution in [3.8, 4) is 11.4 Å². The summed E-state index contributed by atoms with van der Waals surface area (Å²) < 4.78 is 1.94. The molecule has 1 aromatic heterocycles. The lowest BCUT2D eigenvalue weighted by Gasteiger charge is -2.16. The monoisotopic (exact) mass is 394 g/mol. The molecule has 0 aliphatic heterocycles. The highest BCUT2D eigenvalue weighted by Gasteiger charge is 2.21. The van der Waals surface area contributed by atoms with Crippen LogP contribution in [0, 0.1) is 6.92 Å². The fourth-order valence-corrected chi connectivity index (χ4v) is 3.85. The zero-order chi connectivity index (χ0) is 20.3. The van der Waals surface area contributed by atoms with Crippen LogP contribution < -0.4 is 5.32 Å². The number of nitrogens with one attached hydrogen (secondary N) is 1. The van der Waals surface area contributed by atoms with Gasteiger partial charge in [0.25, 0.3) is 0 Å². The summed E-state index contributed by atoms with van der Waals surface area (Å²) in [7, 11) is 1.93. The maximum Gasteiger partial charge on any atom is 0.237 e. The second-order valence-electron chi connectivity index (χ2n) is 7.17. The number of para-hydroxylation sites is 1. The number of carbonyl (C=O) groups excluding carboxylic acids is 1. The summed E-state index contributed by atoms with van der Waals surface area (Å²) in [4.78, 5) is 12.7. The first kappa shape index (κ1) is 20.1. The van der Waals surface area contributed by atoms with E-state index in [1.165, 1.54) is 11.8 Å². The Morgan fingerprint density at radius 2 is 1.71 bits per heavy atom. The lowest BCUT2D eigenvalue weighted by Crippen LogP contribution is -2.23. The number of rotatable bonds is 6. The molecule has 28 heavy (non-hydrogen) atoms. The van der Waals surface area contributed by atoms with E-state index in [-0.39, 0.29) is 11.2 Å². The standard InChI is InChI=1S/C22H26N4OS/c1-14(2)17-11-8-9-13-19(17)23-21(27)16(4)28-22-25-24-20(26(22)5)18-12-7-6-10-15(18)3/h6-14,16H,1-5H3,(H,23,27)/t16-/m1/s1. The van der Waals surface area contributed by atoms with Crippen molar-refractivity contribution in [2.24, 2.45) is 7.05 Å². The van der Waals surface area contributed by atoms with Gasteiger partial charge >= 0.3 is 0 Å². The third-order valence-electron chi connectivity index (χ3n) is 4.71. The number of nitrogens with zero attached hydrogens (tertiary/aromatic N) is 3. The Hall–Kier alpha value is -2.60. The minimum absolute atomic E-state index is 0.0430. The number of thioether (sulfide) groups is 1. The van der Waals surface area contributed by atoms with Gasteiger partial charge in [0.1, 0.15) is 0 Å². The fourth-order valence-electron chi connectivity index (χ4n) is 3.04. The number of hydrogen-bond donors (Lipinski definition) is 1. The van der Waals surface area contributed by atoms with E-state index < -0.39 is 0 Å². The van der Waals surface area contributed by atoms with Crippen LogP contribution in [0.25, 0.3) is 11.4 Å². The molecule has 0 saturated carbocycles. The largest absolute Gasteiger partial charge is 0.325 e. The van der Waals surface area contributed by atoms with Crippen LogP contribution in [-0.2, 0) is 11.8 Å². The molecule has 0 aliphatic rings. The Morgan fingerprint density at radius 3 is 2.43 bits per heavy atom. The summed E-state index contributed by atoms with van der Waals surface area (Å²) >= 11 is 1.41. The predicted octanol–water partition coefficient (Wildman–Crippen LogP) is 5.03. The third kappa shape index (κ3) is 4.28. The van der Waals surface area contributed by atoms with E-state index >= 15 is 0 Å². The number of aryl methyl sites for hydroxylation is 1. The van der Waals surface area contributed by atoms with E-state index in [4.69, 9.17) is 0 Å². The number of carbonyl (C=O) groups is 1. The number of benzene rings is 2. The van der Waals surface area contributed by atoms with E-state index in [1.54, 1.807) is 0 Å². The van der Waals surface area contributed by atoms with Crippen LogP contribution in [0.3, 0.4) is 0 Å². The molecule has 1 heterocycles. The molecular weight excluding hydrogens is 368 g/mol. The van der Waals surface area contributed by atoms with Crippen LogP contribution in [0.5, 0.6) is 0 Å². The van der Waals surface area contributed by atoms with Gasteiger partial charge in [0.05, 0.1) is 5.25 Å². The van der Waals surface area contributed by atoms with Crippen LogP contribution in [0.1, 0.15) is 37.8 Å². The summed E-state index contributed by atoms with van der Waals surface area (Å²) in [5, 5.41) is 12.1. The first-order chi connectivity index (χ1) is 13.4. The van der Waals surface area contributed by atoms with Crippen LogP contribution in [0.15, 0.2) is 53.7 Å². The van der Waals surface area contributed by atoms with Gasteiger partial charge < -0.3 is 9.88 Å². The molecule has 1 amide bonds. The van der Waals surface area contributed by atoms with Gasteiger partial charge in [0, 0.05) is 18.3 Å². The SMILES string of the molecule is Cc1ccccc1-c1nnc(S[C@H](C)C(=O)Nc2ccccc2C(C)C)n1C. The van der Waals surface area contributed by atoms with Crippen molar-refractivity contribution in [1.82, 2.24) is 14.8 Å². The molecule has 3 aromatic rings. The van der Waals surface area contributed by atoms with Gasteiger partial charge in [-0.05, 0) is 37.0 Å². The van der Waals surface area contributed by atoms with Crippen molar-refractivity contribution in [1.29, 1.82) is 0 Å².